The normalized spacial score (nSPS) is 13.3. The van der Waals surface area contributed by atoms with Crippen LogP contribution < -0.4 is 10.1 Å². The van der Waals surface area contributed by atoms with E-state index in [0.717, 1.165) is 23.5 Å². The third kappa shape index (κ3) is 2.86. The fourth-order valence-electron chi connectivity index (χ4n) is 2.93. The second-order valence-corrected chi connectivity index (χ2v) is 6.57. The van der Waals surface area contributed by atoms with Crippen LogP contribution in [0, 0.1) is 5.82 Å². The van der Waals surface area contributed by atoms with E-state index in [0.29, 0.717) is 18.9 Å². The predicted molar refractivity (Wildman–Crippen MR) is 89.8 cm³/mol. The molecule has 0 unspecified atom stereocenters. The molecule has 1 aromatic carbocycles. The van der Waals surface area contributed by atoms with E-state index in [2.05, 4.69) is 15.3 Å². The molecule has 1 aliphatic rings. The second-order valence-electron chi connectivity index (χ2n) is 5.49. The van der Waals surface area contributed by atoms with Gasteiger partial charge >= 0.3 is 0 Å². The summed E-state index contributed by atoms with van der Waals surface area (Å²) in [6.45, 7) is 1.12. The molecule has 2 heterocycles. The number of fused-ring (bicyclic) bond motifs is 3. The molecule has 4 rings (SSSR count). The molecule has 3 aromatic rings. The Morgan fingerprint density at radius 2 is 2.04 bits per heavy atom. The quantitative estimate of drug-likeness (QED) is 0.723. The van der Waals surface area contributed by atoms with Crippen LogP contribution in [-0.4, -0.2) is 23.1 Å². The predicted octanol–water partition coefficient (Wildman–Crippen LogP) is 3.81. The first-order valence-corrected chi connectivity index (χ1v) is 8.50. The van der Waals surface area contributed by atoms with Gasteiger partial charge in [0.1, 0.15) is 35.1 Å². The van der Waals surface area contributed by atoms with Crippen molar-refractivity contribution in [1.82, 2.24) is 9.97 Å². The summed E-state index contributed by atoms with van der Waals surface area (Å²) in [5.74, 6) is 1.29. The van der Waals surface area contributed by atoms with Gasteiger partial charge in [0.25, 0.3) is 0 Å². The lowest BCUT2D eigenvalue weighted by Gasteiger charge is -2.09. The molecule has 0 aliphatic heterocycles. The van der Waals surface area contributed by atoms with E-state index in [4.69, 9.17) is 4.74 Å². The molecule has 0 saturated carbocycles. The number of thiophene rings is 1. The van der Waals surface area contributed by atoms with E-state index in [1.807, 2.05) is 0 Å². The van der Waals surface area contributed by atoms with Crippen molar-refractivity contribution < 1.29 is 9.13 Å². The van der Waals surface area contributed by atoms with Gasteiger partial charge < -0.3 is 10.1 Å². The van der Waals surface area contributed by atoms with E-state index in [9.17, 15) is 4.39 Å². The number of ether oxygens (including phenoxy) is 1. The SMILES string of the molecule is Fc1ccc(OCCNc2ncnc3sc4c(c23)CCC4)cc1. The third-order valence-corrected chi connectivity index (χ3v) is 5.18. The van der Waals surface area contributed by atoms with Crippen LogP contribution in [0.2, 0.25) is 0 Å². The Hall–Kier alpha value is -2.21. The maximum Gasteiger partial charge on any atom is 0.138 e. The number of aromatic nitrogens is 2. The fourth-order valence-corrected chi connectivity index (χ4v) is 4.16. The number of nitrogens with zero attached hydrogens (tertiary/aromatic N) is 2. The van der Waals surface area contributed by atoms with Gasteiger partial charge in [0, 0.05) is 4.88 Å². The van der Waals surface area contributed by atoms with Crippen molar-refractivity contribution in [2.75, 3.05) is 18.5 Å². The van der Waals surface area contributed by atoms with Crippen molar-refractivity contribution in [3.8, 4) is 5.75 Å². The first kappa shape index (κ1) is 14.4. The summed E-state index contributed by atoms with van der Waals surface area (Å²) in [6.07, 6.45) is 5.10. The summed E-state index contributed by atoms with van der Waals surface area (Å²) in [5, 5.41) is 4.51. The molecule has 6 heteroatoms. The van der Waals surface area contributed by atoms with E-state index in [1.54, 1.807) is 29.8 Å². The van der Waals surface area contributed by atoms with Gasteiger partial charge in [-0.15, -0.1) is 11.3 Å². The van der Waals surface area contributed by atoms with Crippen LogP contribution in [0.1, 0.15) is 16.9 Å². The van der Waals surface area contributed by atoms with Crippen molar-refractivity contribution in [2.24, 2.45) is 0 Å². The molecule has 23 heavy (non-hydrogen) atoms. The van der Waals surface area contributed by atoms with Crippen molar-refractivity contribution >= 4 is 27.4 Å². The minimum Gasteiger partial charge on any atom is -0.492 e. The summed E-state index contributed by atoms with van der Waals surface area (Å²) in [5.41, 5.74) is 1.41. The van der Waals surface area contributed by atoms with Gasteiger partial charge in [0.15, 0.2) is 0 Å². The van der Waals surface area contributed by atoms with Crippen molar-refractivity contribution in [3.63, 3.8) is 0 Å². The maximum absolute atomic E-state index is 12.8. The standard InChI is InChI=1S/C17H16FN3OS/c18-11-4-6-12(7-5-11)22-9-8-19-16-15-13-2-1-3-14(13)23-17(15)21-10-20-16/h4-7,10H,1-3,8-9H2,(H,19,20,21). The highest BCUT2D eigenvalue weighted by atomic mass is 32.1. The van der Waals surface area contributed by atoms with Gasteiger partial charge in [0.2, 0.25) is 0 Å². The zero-order valence-electron chi connectivity index (χ0n) is 12.5. The van der Waals surface area contributed by atoms with Gasteiger partial charge in [-0.25, -0.2) is 14.4 Å². The minimum absolute atomic E-state index is 0.259. The fraction of sp³-hybridized carbons (Fsp3) is 0.294. The molecule has 0 spiro atoms. The number of benzene rings is 1. The Bertz CT molecular complexity index is 832. The summed E-state index contributed by atoms with van der Waals surface area (Å²) >= 11 is 1.78. The van der Waals surface area contributed by atoms with E-state index in [1.165, 1.54) is 34.4 Å². The minimum atomic E-state index is -0.259. The van der Waals surface area contributed by atoms with Crippen molar-refractivity contribution in [2.45, 2.75) is 19.3 Å². The summed E-state index contributed by atoms with van der Waals surface area (Å²) in [6, 6.07) is 6.05. The largest absolute Gasteiger partial charge is 0.492 e. The van der Waals surface area contributed by atoms with Crippen LogP contribution in [0.5, 0.6) is 5.75 Å². The summed E-state index contributed by atoms with van der Waals surface area (Å²) < 4.78 is 18.4. The third-order valence-electron chi connectivity index (χ3n) is 3.98. The van der Waals surface area contributed by atoms with Crippen LogP contribution >= 0.6 is 11.3 Å². The molecule has 118 valence electrons. The molecule has 0 fully saturated rings. The molecule has 1 aliphatic carbocycles. The van der Waals surface area contributed by atoms with Crippen LogP contribution in [0.25, 0.3) is 10.2 Å². The molecule has 2 aromatic heterocycles. The van der Waals surface area contributed by atoms with Gasteiger partial charge in [-0.1, -0.05) is 0 Å². The Morgan fingerprint density at radius 1 is 1.17 bits per heavy atom. The zero-order chi connectivity index (χ0) is 15.6. The number of aryl methyl sites for hydroxylation is 2. The number of hydrogen-bond acceptors (Lipinski definition) is 5. The summed E-state index contributed by atoms with van der Waals surface area (Å²) in [4.78, 5) is 11.3. The topological polar surface area (TPSA) is 47.0 Å². The Labute approximate surface area is 137 Å². The van der Waals surface area contributed by atoms with Gasteiger partial charge in [-0.05, 0) is 49.1 Å². The van der Waals surface area contributed by atoms with Crippen molar-refractivity contribution in [1.29, 1.82) is 0 Å². The molecular formula is C17H16FN3OS. The zero-order valence-corrected chi connectivity index (χ0v) is 13.3. The molecule has 0 atom stereocenters. The number of anilines is 1. The van der Waals surface area contributed by atoms with E-state index >= 15 is 0 Å². The highest BCUT2D eigenvalue weighted by molar-refractivity contribution is 7.19. The first-order valence-electron chi connectivity index (χ1n) is 7.69. The van der Waals surface area contributed by atoms with E-state index in [-0.39, 0.29) is 5.82 Å². The molecule has 4 nitrogen and oxygen atoms in total. The average Bonchev–Trinajstić information content (AvgIpc) is 3.14. The monoisotopic (exact) mass is 329 g/mol. The second kappa shape index (κ2) is 6.12. The van der Waals surface area contributed by atoms with Gasteiger partial charge in [0.05, 0.1) is 11.9 Å². The lowest BCUT2D eigenvalue weighted by Crippen LogP contribution is -2.12. The average molecular weight is 329 g/mol. The van der Waals surface area contributed by atoms with Crippen LogP contribution in [0.15, 0.2) is 30.6 Å². The molecule has 0 bridgehead atoms. The number of hydrogen-bond donors (Lipinski definition) is 1. The lowest BCUT2D eigenvalue weighted by atomic mass is 10.2. The maximum atomic E-state index is 12.8. The summed E-state index contributed by atoms with van der Waals surface area (Å²) in [7, 11) is 0. The Kier molecular flexibility index (Phi) is 3.83. The van der Waals surface area contributed by atoms with Gasteiger partial charge in [-0.3, -0.25) is 0 Å². The Morgan fingerprint density at radius 3 is 2.91 bits per heavy atom. The van der Waals surface area contributed by atoms with Crippen LogP contribution in [0.3, 0.4) is 0 Å². The molecule has 1 N–H and O–H groups in total. The molecule has 0 amide bonds. The van der Waals surface area contributed by atoms with Crippen LogP contribution in [0.4, 0.5) is 10.2 Å². The molecular weight excluding hydrogens is 313 g/mol. The lowest BCUT2D eigenvalue weighted by molar-refractivity contribution is 0.332. The Balaban J connectivity index is 1.43. The number of halogens is 1. The number of nitrogens with one attached hydrogen (secondary N) is 1. The number of rotatable bonds is 5. The van der Waals surface area contributed by atoms with Gasteiger partial charge in [-0.2, -0.15) is 0 Å². The molecule has 0 saturated heterocycles. The smallest absolute Gasteiger partial charge is 0.138 e. The van der Waals surface area contributed by atoms with E-state index < -0.39 is 0 Å². The molecule has 0 radical (unpaired) electrons. The van der Waals surface area contributed by atoms with Crippen LogP contribution in [-0.2, 0) is 12.8 Å². The highest BCUT2D eigenvalue weighted by Crippen LogP contribution is 2.38. The van der Waals surface area contributed by atoms with Crippen molar-refractivity contribution in [3.05, 3.63) is 46.9 Å². The highest BCUT2D eigenvalue weighted by Gasteiger charge is 2.20. The first-order chi connectivity index (χ1) is 11.3.